The van der Waals surface area contributed by atoms with Gasteiger partial charge in [0, 0.05) is 5.56 Å². The second-order valence-electron chi connectivity index (χ2n) is 4.29. The molecule has 3 heteroatoms. The van der Waals surface area contributed by atoms with Crippen molar-refractivity contribution >= 4 is 6.01 Å². The molecule has 0 saturated heterocycles. The fourth-order valence-electron chi connectivity index (χ4n) is 1.73. The maximum atomic E-state index is 5.61. The lowest BCUT2D eigenvalue weighted by Crippen LogP contribution is -1.91. The van der Waals surface area contributed by atoms with Crippen molar-refractivity contribution in [1.82, 2.24) is 4.98 Å². The highest BCUT2D eigenvalue weighted by molar-refractivity contribution is 5.62. The molecule has 0 atom stereocenters. The van der Waals surface area contributed by atoms with Crippen molar-refractivity contribution in [3.63, 3.8) is 0 Å². The Kier molecular flexibility index (Phi) is 2.69. The van der Waals surface area contributed by atoms with Crippen LogP contribution in [0.1, 0.15) is 31.0 Å². The Bertz CT molecular complexity index is 500. The molecule has 0 aliphatic heterocycles. The molecule has 0 saturated carbocycles. The van der Waals surface area contributed by atoms with Crippen molar-refractivity contribution in [3.05, 3.63) is 35.5 Å². The number of nitrogen functional groups attached to an aromatic ring is 1. The minimum absolute atomic E-state index is 0.236. The molecular formula is C13H16N2O. The summed E-state index contributed by atoms with van der Waals surface area (Å²) in [5, 5.41) is 0. The Morgan fingerprint density at radius 2 is 2.06 bits per heavy atom. The monoisotopic (exact) mass is 216 g/mol. The van der Waals surface area contributed by atoms with E-state index in [1.165, 1.54) is 5.56 Å². The number of oxazole rings is 1. The Hall–Kier alpha value is -1.77. The third-order valence-corrected chi connectivity index (χ3v) is 2.50. The van der Waals surface area contributed by atoms with Crippen molar-refractivity contribution in [2.24, 2.45) is 0 Å². The van der Waals surface area contributed by atoms with Crippen molar-refractivity contribution in [3.8, 4) is 11.3 Å². The number of nitrogens with zero attached hydrogens (tertiary/aromatic N) is 1. The lowest BCUT2D eigenvalue weighted by Gasteiger charge is -2.04. The van der Waals surface area contributed by atoms with E-state index in [1.54, 1.807) is 0 Å². The van der Waals surface area contributed by atoms with Crippen LogP contribution in [0.25, 0.3) is 11.3 Å². The van der Waals surface area contributed by atoms with Gasteiger partial charge in [0.2, 0.25) is 0 Å². The minimum atomic E-state index is 0.236. The van der Waals surface area contributed by atoms with Crippen molar-refractivity contribution in [2.45, 2.75) is 26.7 Å². The Morgan fingerprint density at radius 3 is 2.69 bits per heavy atom. The summed E-state index contributed by atoms with van der Waals surface area (Å²) in [5.74, 6) is 1.09. The second kappa shape index (κ2) is 4.00. The van der Waals surface area contributed by atoms with Gasteiger partial charge in [0.05, 0.1) is 5.69 Å². The molecule has 0 aliphatic carbocycles. The van der Waals surface area contributed by atoms with Gasteiger partial charge in [0.1, 0.15) is 0 Å². The van der Waals surface area contributed by atoms with Gasteiger partial charge in [0.25, 0.3) is 6.01 Å². The quantitative estimate of drug-likeness (QED) is 0.837. The maximum Gasteiger partial charge on any atom is 0.292 e. The predicted octanol–water partition coefficient (Wildman–Crippen LogP) is 3.36. The van der Waals surface area contributed by atoms with Gasteiger partial charge >= 0.3 is 0 Å². The summed E-state index contributed by atoms with van der Waals surface area (Å²) in [7, 11) is 0. The molecule has 0 fully saturated rings. The molecule has 84 valence electrons. The summed E-state index contributed by atoms with van der Waals surface area (Å²) in [6.07, 6.45) is 0. The number of anilines is 1. The van der Waals surface area contributed by atoms with Gasteiger partial charge in [0.15, 0.2) is 5.76 Å². The SMILES string of the molecule is Cc1cccc(-c2oc(N)nc2C(C)C)c1. The molecule has 1 heterocycles. The Labute approximate surface area is 95.3 Å². The zero-order chi connectivity index (χ0) is 11.7. The molecule has 3 nitrogen and oxygen atoms in total. The molecule has 1 aromatic carbocycles. The van der Waals surface area contributed by atoms with Crippen LogP contribution in [0.3, 0.4) is 0 Å². The molecule has 2 rings (SSSR count). The average molecular weight is 216 g/mol. The van der Waals surface area contributed by atoms with Gasteiger partial charge < -0.3 is 10.2 Å². The first-order chi connectivity index (χ1) is 7.58. The van der Waals surface area contributed by atoms with Crippen LogP contribution in [0.4, 0.5) is 6.01 Å². The number of hydrogen-bond acceptors (Lipinski definition) is 3. The number of hydrogen-bond donors (Lipinski definition) is 1. The number of aryl methyl sites for hydroxylation is 1. The molecule has 0 bridgehead atoms. The fourth-order valence-corrected chi connectivity index (χ4v) is 1.73. The molecule has 2 N–H and O–H groups in total. The molecule has 0 radical (unpaired) electrons. The summed E-state index contributed by atoms with van der Waals surface area (Å²) in [5.41, 5.74) is 8.77. The Balaban J connectivity index is 2.55. The van der Waals surface area contributed by atoms with E-state index in [1.807, 2.05) is 12.1 Å². The van der Waals surface area contributed by atoms with Crippen LogP contribution in [0.15, 0.2) is 28.7 Å². The van der Waals surface area contributed by atoms with E-state index in [0.717, 1.165) is 17.0 Å². The minimum Gasteiger partial charge on any atom is -0.423 e. The molecule has 1 aromatic heterocycles. The summed E-state index contributed by atoms with van der Waals surface area (Å²) in [6.45, 7) is 6.21. The van der Waals surface area contributed by atoms with E-state index >= 15 is 0 Å². The molecular weight excluding hydrogens is 200 g/mol. The van der Waals surface area contributed by atoms with Gasteiger partial charge in [-0.2, -0.15) is 4.98 Å². The molecule has 0 spiro atoms. The van der Waals surface area contributed by atoms with Gasteiger partial charge in [-0.05, 0) is 18.9 Å². The van der Waals surface area contributed by atoms with E-state index in [2.05, 4.69) is 37.9 Å². The van der Waals surface area contributed by atoms with Crippen LogP contribution < -0.4 is 5.73 Å². The van der Waals surface area contributed by atoms with Crippen LogP contribution in [0.2, 0.25) is 0 Å². The highest BCUT2D eigenvalue weighted by atomic mass is 16.4. The summed E-state index contributed by atoms with van der Waals surface area (Å²) in [4.78, 5) is 4.23. The van der Waals surface area contributed by atoms with E-state index in [0.29, 0.717) is 5.92 Å². The summed E-state index contributed by atoms with van der Waals surface area (Å²) < 4.78 is 5.48. The number of rotatable bonds is 2. The van der Waals surface area contributed by atoms with E-state index in [4.69, 9.17) is 10.2 Å². The number of aromatic nitrogens is 1. The molecule has 0 unspecified atom stereocenters. The first-order valence-electron chi connectivity index (χ1n) is 5.41. The van der Waals surface area contributed by atoms with Crippen LogP contribution in [-0.2, 0) is 0 Å². The zero-order valence-electron chi connectivity index (χ0n) is 9.82. The first-order valence-corrected chi connectivity index (χ1v) is 5.41. The lowest BCUT2D eigenvalue weighted by molar-refractivity contribution is 0.592. The van der Waals surface area contributed by atoms with Crippen molar-refractivity contribution in [2.75, 3.05) is 5.73 Å². The summed E-state index contributed by atoms with van der Waals surface area (Å²) >= 11 is 0. The lowest BCUT2D eigenvalue weighted by atomic mass is 10.0. The predicted molar refractivity (Wildman–Crippen MR) is 65.2 cm³/mol. The van der Waals surface area contributed by atoms with Gasteiger partial charge in [-0.1, -0.05) is 37.6 Å². The van der Waals surface area contributed by atoms with Crippen molar-refractivity contribution in [1.29, 1.82) is 0 Å². The van der Waals surface area contributed by atoms with E-state index in [-0.39, 0.29) is 6.01 Å². The van der Waals surface area contributed by atoms with E-state index in [9.17, 15) is 0 Å². The van der Waals surface area contributed by atoms with Crippen LogP contribution in [0, 0.1) is 6.92 Å². The van der Waals surface area contributed by atoms with Gasteiger partial charge in [-0.3, -0.25) is 0 Å². The first kappa shape index (κ1) is 10.7. The smallest absolute Gasteiger partial charge is 0.292 e. The van der Waals surface area contributed by atoms with Crippen LogP contribution >= 0.6 is 0 Å². The third kappa shape index (κ3) is 1.94. The highest BCUT2D eigenvalue weighted by Crippen LogP contribution is 2.31. The highest BCUT2D eigenvalue weighted by Gasteiger charge is 2.16. The van der Waals surface area contributed by atoms with E-state index < -0.39 is 0 Å². The van der Waals surface area contributed by atoms with Crippen molar-refractivity contribution < 1.29 is 4.42 Å². The number of benzene rings is 1. The molecule has 0 aliphatic rings. The molecule has 0 amide bonds. The summed E-state index contributed by atoms with van der Waals surface area (Å²) in [6, 6.07) is 8.39. The standard InChI is InChI=1S/C13H16N2O/c1-8(2)11-12(16-13(14)15-11)10-6-4-5-9(3)7-10/h4-8H,1-3H3,(H2,14,15). The largest absolute Gasteiger partial charge is 0.423 e. The average Bonchev–Trinajstić information content (AvgIpc) is 2.60. The number of nitrogens with two attached hydrogens (primary N) is 1. The van der Waals surface area contributed by atoms with Gasteiger partial charge in [-0.25, -0.2) is 0 Å². The zero-order valence-corrected chi connectivity index (χ0v) is 9.82. The third-order valence-electron chi connectivity index (χ3n) is 2.50. The topological polar surface area (TPSA) is 52.0 Å². The van der Waals surface area contributed by atoms with Crippen LogP contribution in [0.5, 0.6) is 0 Å². The van der Waals surface area contributed by atoms with Gasteiger partial charge in [-0.15, -0.1) is 0 Å². The van der Waals surface area contributed by atoms with Crippen LogP contribution in [-0.4, -0.2) is 4.98 Å². The maximum absolute atomic E-state index is 5.61. The molecule has 16 heavy (non-hydrogen) atoms. The molecule has 2 aromatic rings. The Morgan fingerprint density at radius 1 is 1.31 bits per heavy atom. The normalized spacial score (nSPS) is 11.0. The second-order valence-corrected chi connectivity index (χ2v) is 4.29. The fraction of sp³-hybridized carbons (Fsp3) is 0.308.